The average Bonchev–Trinajstić information content (AvgIpc) is 3.57. The SMILES string of the molecule is N#Cc1cc(F)cc(N(CC23CCC(c4nc(C5CC5)no4)(CC2)CC3)C(=O)CC2CC(F)(F)C2)c1. The lowest BCUT2D eigenvalue weighted by Gasteiger charge is -2.53. The highest BCUT2D eigenvalue weighted by Crippen LogP contribution is 2.58. The van der Waals surface area contributed by atoms with Gasteiger partial charge in [-0.3, -0.25) is 4.79 Å². The van der Waals surface area contributed by atoms with Gasteiger partial charge in [-0.2, -0.15) is 10.2 Å². The first-order chi connectivity index (χ1) is 17.2. The normalized spacial score (nSPS) is 28.9. The van der Waals surface area contributed by atoms with Gasteiger partial charge in [-0.05, 0) is 80.9 Å². The fourth-order valence-corrected chi connectivity index (χ4v) is 6.52. The van der Waals surface area contributed by atoms with Crippen LogP contribution in [0.15, 0.2) is 22.7 Å². The third-order valence-corrected chi connectivity index (χ3v) is 9.00. The van der Waals surface area contributed by atoms with E-state index in [9.17, 15) is 23.2 Å². The molecule has 1 aromatic heterocycles. The maximum Gasteiger partial charge on any atom is 0.248 e. The highest BCUT2D eigenvalue weighted by atomic mass is 19.3. The molecule has 6 nitrogen and oxygen atoms in total. The van der Waals surface area contributed by atoms with Crippen LogP contribution in [0.1, 0.15) is 93.8 Å². The van der Waals surface area contributed by atoms with Crippen LogP contribution < -0.4 is 4.90 Å². The highest BCUT2D eigenvalue weighted by molar-refractivity contribution is 5.94. The fourth-order valence-electron chi connectivity index (χ4n) is 6.52. The second-order valence-corrected chi connectivity index (χ2v) is 11.6. The molecule has 0 N–H and O–H groups in total. The summed E-state index contributed by atoms with van der Waals surface area (Å²) in [6, 6.07) is 5.86. The van der Waals surface area contributed by atoms with E-state index in [1.165, 1.54) is 12.1 Å². The lowest BCUT2D eigenvalue weighted by Crippen LogP contribution is -2.51. The molecule has 1 heterocycles. The number of amides is 1. The van der Waals surface area contributed by atoms with E-state index < -0.39 is 11.7 Å². The number of rotatable bonds is 7. The molecule has 5 aliphatic carbocycles. The van der Waals surface area contributed by atoms with E-state index >= 15 is 0 Å². The predicted molar refractivity (Wildman–Crippen MR) is 124 cm³/mol. The van der Waals surface area contributed by atoms with Gasteiger partial charge in [0.05, 0.1) is 11.6 Å². The molecule has 1 aromatic carbocycles. The summed E-state index contributed by atoms with van der Waals surface area (Å²) in [6.45, 7) is 0.385. The average molecular weight is 499 g/mol. The van der Waals surface area contributed by atoms with Gasteiger partial charge in [-0.25, -0.2) is 13.2 Å². The van der Waals surface area contributed by atoms with E-state index in [1.54, 1.807) is 4.90 Å². The number of aromatic nitrogens is 2. The molecular weight excluding hydrogens is 469 g/mol. The monoisotopic (exact) mass is 498 g/mol. The van der Waals surface area contributed by atoms with Crippen molar-refractivity contribution in [3.8, 4) is 6.07 Å². The summed E-state index contributed by atoms with van der Waals surface area (Å²) in [5, 5.41) is 13.5. The number of benzene rings is 1. The molecular formula is C27H29F3N4O2. The van der Waals surface area contributed by atoms with Crippen LogP contribution in [0.3, 0.4) is 0 Å². The zero-order chi connectivity index (χ0) is 25.1. The minimum atomic E-state index is -2.70. The highest BCUT2D eigenvalue weighted by Gasteiger charge is 2.53. The van der Waals surface area contributed by atoms with E-state index in [2.05, 4.69) is 5.16 Å². The lowest BCUT2D eigenvalue weighted by molar-refractivity contribution is -0.132. The summed E-state index contributed by atoms with van der Waals surface area (Å²) in [4.78, 5) is 19.7. The number of nitrogens with zero attached hydrogens (tertiary/aromatic N) is 4. The molecule has 9 heteroatoms. The molecule has 0 radical (unpaired) electrons. The maximum atomic E-state index is 14.3. The van der Waals surface area contributed by atoms with Gasteiger partial charge in [0.15, 0.2) is 5.82 Å². The minimum absolute atomic E-state index is 0.0000635. The molecule has 5 saturated carbocycles. The first-order valence-electron chi connectivity index (χ1n) is 12.9. The van der Waals surface area contributed by atoms with E-state index in [-0.39, 0.29) is 47.5 Å². The molecule has 5 fully saturated rings. The molecule has 7 rings (SSSR count). The van der Waals surface area contributed by atoms with Crippen molar-refractivity contribution in [2.75, 3.05) is 11.4 Å². The number of carbonyl (C=O) groups excluding carboxylic acids is 1. The van der Waals surface area contributed by atoms with Crippen LogP contribution in [-0.4, -0.2) is 28.5 Å². The van der Waals surface area contributed by atoms with Crippen molar-refractivity contribution in [1.29, 1.82) is 5.26 Å². The van der Waals surface area contributed by atoms with Crippen molar-refractivity contribution < 1.29 is 22.5 Å². The number of alkyl halides is 2. The van der Waals surface area contributed by atoms with Crippen molar-refractivity contribution in [2.45, 2.75) is 87.9 Å². The minimum Gasteiger partial charge on any atom is -0.339 e. The van der Waals surface area contributed by atoms with E-state index in [0.717, 1.165) is 69.1 Å². The number of halogens is 3. The van der Waals surface area contributed by atoms with Gasteiger partial charge >= 0.3 is 0 Å². The summed E-state index contributed by atoms with van der Waals surface area (Å²) >= 11 is 0. The Bertz CT molecular complexity index is 1200. The number of nitriles is 1. The number of hydrogen-bond donors (Lipinski definition) is 0. The largest absolute Gasteiger partial charge is 0.339 e. The second-order valence-electron chi connectivity index (χ2n) is 11.6. The van der Waals surface area contributed by atoms with E-state index in [0.29, 0.717) is 18.2 Å². The van der Waals surface area contributed by atoms with Crippen LogP contribution in [0, 0.1) is 28.5 Å². The summed E-state index contributed by atoms with van der Waals surface area (Å²) in [5.41, 5.74) is 0.176. The zero-order valence-corrected chi connectivity index (χ0v) is 20.1. The van der Waals surface area contributed by atoms with Crippen LogP contribution in [0.2, 0.25) is 0 Å². The van der Waals surface area contributed by atoms with Crippen molar-refractivity contribution in [3.63, 3.8) is 0 Å². The van der Waals surface area contributed by atoms with Crippen molar-refractivity contribution in [1.82, 2.24) is 10.1 Å². The fraction of sp³-hybridized carbons (Fsp3) is 0.630. The van der Waals surface area contributed by atoms with Gasteiger partial charge in [0.25, 0.3) is 0 Å². The van der Waals surface area contributed by atoms with Crippen LogP contribution in [0.5, 0.6) is 0 Å². The van der Waals surface area contributed by atoms with Gasteiger partial charge in [0.1, 0.15) is 5.82 Å². The Labute approximate surface area is 207 Å². The molecule has 1 amide bonds. The number of fused-ring (bicyclic) bond motifs is 3. The number of hydrogen-bond acceptors (Lipinski definition) is 5. The Balaban J connectivity index is 1.22. The summed E-state index contributed by atoms with van der Waals surface area (Å²) in [5.74, 6) is -1.97. The summed E-state index contributed by atoms with van der Waals surface area (Å²) in [7, 11) is 0. The molecule has 36 heavy (non-hydrogen) atoms. The van der Waals surface area contributed by atoms with Gasteiger partial charge in [-0.15, -0.1) is 0 Å². The molecule has 0 aliphatic heterocycles. The molecule has 5 aliphatic rings. The summed E-state index contributed by atoms with van der Waals surface area (Å²) < 4.78 is 46.8. The Kier molecular flexibility index (Phi) is 5.43. The Hall–Kier alpha value is -2.89. The van der Waals surface area contributed by atoms with E-state index in [1.807, 2.05) is 6.07 Å². The summed E-state index contributed by atoms with van der Waals surface area (Å²) in [6.07, 6.45) is 6.86. The Morgan fingerprint density at radius 3 is 2.42 bits per heavy atom. The van der Waals surface area contributed by atoms with Gasteiger partial charge in [0.2, 0.25) is 17.7 Å². The third kappa shape index (κ3) is 4.29. The standard InChI is InChI=1S/C27H29F3N4O2/c28-20-9-17(15-31)10-21(12-20)34(22(35)11-18-13-27(29,30)14-18)16-25-3-6-26(7-4-25,8-5-25)24-32-23(33-36-24)19-1-2-19/h9-10,12,18-19H,1-8,11,13-14,16H2. The molecule has 0 spiro atoms. The van der Waals surface area contributed by atoms with Gasteiger partial charge in [0, 0.05) is 42.8 Å². The number of anilines is 1. The lowest BCUT2D eigenvalue weighted by atomic mass is 9.53. The molecule has 190 valence electrons. The maximum absolute atomic E-state index is 14.3. The van der Waals surface area contributed by atoms with Crippen LogP contribution in [0.4, 0.5) is 18.9 Å². The number of carbonyl (C=O) groups is 1. The van der Waals surface area contributed by atoms with Crippen LogP contribution in [0.25, 0.3) is 0 Å². The van der Waals surface area contributed by atoms with Crippen LogP contribution >= 0.6 is 0 Å². The molecule has 0 atom stereocenters. The van der Waals surface area contributed by atoms with Crippen molar-refractivity contribution in [2.24, 2.45) is 11.3 Å². The zero-order valence-electron chi connectivity index (χ0n) is 20.1. The molecule has 2 aromatic rings. The third-order valence-electron chi connectivity index (χ3n) is 9.00. The topological polar surface area (TPSA) is 83.0 Å². The Morgan fingerprint density at radius 1 is 1.11 bits per heavy atom. The smallest absolute Gasteiger partial charge is 0.248 e. The van der Waals surface area contributed by atoms with Crippen LogP contribution in [-0.2, 0) is 10.2 Å². The molecule has 0 unspecified atom stereocenters. The van der Waals surface area contributed by atoms with Gasteiger partial charge in [-0.1, -0.05) is 5.16 Å². The molecule has 0 saturated heterocycles. The second kappa shape index (κ2) is 8.32. The van der Waals surface area contributed by atoms with E-state index in [4.69, 9.17) is 9.51 Å². The van der Waals surface area contributed by atoms with Crippen molar-refractivity contribution in [3.05, 3.63) is 41.3 Å². The quantitative estimate of drug-likeness (QED) is 0.466. The predicted octanol–water partition coefficient (Wildman–Crippen LogP) is 6.02. The van der Waals surface area contributed by atoms with Crippen molar-refractivity contribution >= 4 is 11.6 Å². The molecule has 2 bridgehead atoms. The first-order valence-corrected chi connectivity index (χ1v) is 12.9. The Morgan fingerprint density at radius 2 is 1.81 bits per heavy atom. The van der Waals surface area contributed by atoms with Gasteiger partial charge < -0.3 is 9.42 Å². The first kappa shape index (κ1) is 23.5.